The summed E-state index contributed by atoms with van der Waals surface area (Å²) < 4.78 is 5.25. The van der Waals surface area contributed by atoms with E-state index in [0.717, 1.165) is 13.1 Å². The quantitative estimate of drug-likeness (QED) is 0.741. The maximum atomic E-state index is 12.3. The monoisotopic (exact) mass is 276 g/mol. The number of likely N-dealkylation sites (tertiary alicyclic amines) is 1. The van der Waals surface area contributed by atoms with E-state index in [1.165, 1.54) is 13.0 Å². The van der Waals surface area contributed by atoms with E-state index in [2.05, 4.69) is 16.8 Å². The molecule has 0 spiro atoms. The standard InChI is InChI=1S/C16H24N2O2/c1-17-9-8-13(10-17)11-18(2)12-15(19)14-6-4-5-7-16(14)20-3/h4-7,13H,8-12H2,1-3H3. The van der Waals surface area contributed by atoms with Crippen molar-refractivity contribution in [2.45, 2.75) is 6.42 Å². The van der Waals surface area contributed by atoms with E-state index < -0.39 is 0 Å². The Hall–Kier alpha value is -1.39. The van der Waals surface area contributed by atoms with E-state index in [4.69, 9.17) is 4.74 Å². The first-order valence-corrected chi connectivity index (χ1v) is 7.13. The Labute approximate surface area is 121 Å². The maximum Gasteiger partial charge on any atom is 0.180 e. The molecule has 20 heavy (non-hydrogen) atoms. The first-order valence-electron chi connectivity index (χ1n) is 7.13. The number of methoxy groups -OCH3 is 1. The van der Waals surface area contributed by atoms with Crippen LogP contribution in [0.2, 0.25) is 0 Å². The lowest BCUT2D eigenvalue weighted by molar-refractivity contribution is 0.0935. The van der Waals surface area contributed by atoms with Crippen molar-refractivity contribution in [2.24, 2.45) is 5.92 Å². The van der Waals surface area contributed by atoms with Gasteiger partial charge in [-0.2, -0.15) is 0 Å². The number of ether oxygens (including phenoxy) is 1. The molecule has 1 aromatic rings. The zero-order valence-corrected chi connectivity index (χ0v) is 12.6. The van der Waals surface area contributed by atoms with Crippen LogP contribution < -0.4 is 4.74 Å². The number of carbonyl (C=O) groups excluding carboxylic acids is 1. The average molecular weight is 276 g/mol. The normalized spacial score (nSPS) is 19.5. The van der Waals surface area contributed by atoms with Crippen molar-refractivity contribution < 1.29 is 9.53 Å². The van der Waals surface area contributed by atoms with Crippen LogP contribution in [-0.4, -0.2) is 63.0 Å². The molecule has 1 unspecified atom stereocenters. The van der Waals surface area contributed by atoms with E-state index in [9.17, 15) is 4.79 Å². The molecule has 1 aliphatic rings. The van der Waals surface area contributed by atoms with E-state index in [1.807, 2.05) is 31.3 Å². The molecule has 4 nitrogen and oxygen atoms in total. The Morgan fingerprint density at radius 1 is 1.45 bits per heavy atom. The molecule has 0 saturated carbocycles. The predicted molar refractivity (Wildman–Crippen MR) is 80.4 cm³/mol. The van der Waals surface area contributed by atoms with Gasteiger partial charge in [-0.25, -0.2) is 0 Å². The summed E-state index contributed by atoms with van der Waals surface area (Å²) in [5.41, 5.74) is 0.672. The van der Waals surface area contributed by atoms with Crippen molar-refractivity contribution in [3.8, 4) is 5.75 Å². The number of ketones is 1. The Balaban J connectivity index is 1.90. The molecule has 1 aliphatic heterocycles. The molecular weight excluding hydrogens is 252 g/mol. The van der Waals surface area contributed by atoms with Crippen LogP contribution in [0.4, 0.5) is 0 Å². The lowest BCUT2D eigenvalue weighted by atomic mass is 10.1. The fraction of sp³-hybridized carbons (Fsp3) is 0.562. The first kappa shape index (κ1) is 15.0. The highest BCUT2D eigenvalue weighted by Crippen LogP contribution is 2.19. The summed E-state index contributed by atoms with van der Waals surface area (Å²) in [6.45, 7) is 3.72. The van der Waals surface area contributed by atoms with Gasteiger partial charge in [0.25, 0.3) is 0 Å². The summed E-state index contributed by atoms with van der Waals surface area (Å²) in [6.07, 6.45) is 1.23. The lowest BCUT2D eigenvalue weighted by Crippen LogP contribution is -2.32. The molecule has 1 saturated heterocycles. The van der Waals surface area contributed by atoms with Crippen LogP contribution in [0.3, 0.4) is 0 Å². The second-order valence-electron chi connectivity index (χ2n) is 5.74. The number of Topliss-reactive ketones (excluding diaryl/α,β-unsaturated/α-hetero) is 1. The number of likely N-dealkylation sites (N-methyl/N-ethyl adjacent to an activating group) is 1. The zero-order chi connectivity index (χ0) is 14.5. The molecule has 1 aromatic carbocycles. The molecule has 1 heterocycles. The summed E-state index contributed by atoms with van der Waals surface area (Å²) in [6, 6.07) is 7.42. The van der Waals surface area contributed by atoms with Crippen molar-refractivity contribution in [3.05, 3.63) is 29.8 Å². The predicted octanol–water partition coefficient (Wildman–Crippen LogP) is 1.76. The summed E-state index contributed by atoms with van der Waals surface area (Å²) in [5.74, 6) is 1.46. The molecular formula is C16H24N2O2. The maximum absolute atomic E-state index is 12.3. The van der Waals surface area contributed by atoms with E-state index >= 15 is 0 Å². The van der Waals surface area contributed by atoms with Crippen LogP contribution in [0.25, 0.3) is 0 Å². The van der Waals surface area contributed by atoms with Gasteiger partial charge in [0.1, 0.15) is 5.75 Å². The number of benzene rings is 1. The van der Waals surface area contributed by atoms with Crippen molar-refractivity contribution in [1.29, 1.82) is 0 Å². The van der Waals surface area contributed by atoms with Gasteiger partial charge in [-0.3, -0.25) is 9.69 Å². The van der Waals surface area contributed by atoms with Gasteiger partial charge in [0.2, 0.25) is 0 Å². The molecule has 110 valence electrons. The van der Waals surface area contributed by atoms with E-state index in [-0.39, 0.29) is 5.78 Å². The Kier molecular flexibility index (Phi) is 5.15. The molecule has 0 amide bonds. The minimum Gasteiger partial charge on any atom is -0.496 e. The average Bonchev–Trinajstić information content (AvgIpc) is 2.83. The smallest absolute Gasteiger partial charge is 0.180 e. The molecule has 0 aliphatic carbocycles. The van der Waals surface area contributed by atoms with Crippen LogP contribution in [0.15, 0.2) is 24.3 Å². The van der Waals surface area contributed by atoms with Crippen LogP contribution >= 0.6 is 0 Å². The van der Waals surface area contributed by atoms with Gasteiger partial charge in [0.15, 0.2) is 5.78 Å². The minimum atomic E-state index is 0.122. The molecule has 1 fully saturated rings. The Morgan fingerprint density at radius 3 is 2.85 bits per heavy atom. The van der Waals surface area contributed by atoms with Crippen molar-refractivity contribution >= 4 is 5.78 Å². The topological polar surface area (TPSA) is 32.8 Å². The van der Waals surface area contributed by atoms with Gasteiger partial charge < -0.3 is 9.64 Å². The number of hydrogen-bond donors (Lipinski definition) is 0. The lowest BCUT2D eigenvalue weighted by Gasteiger charge is -2.20. The molecule has 4 heteroatoms. The molecule has 2 rings (SSSR count). The third-order valence-electron chi connectivity index (χ3n) is 3.88. The fourth-order valence-electron chi connectivity index (χ4n) is 2.89. The highest BCUT2D eigenvalue weighted by molar-refractivity contribution is 6.00. The third kappa shape index (κ3) is 3.81. The van der Waals surface area contributed by atoms with Crippen molar-refractivity contribution in [3.63, 3.8) is 0 Å². The van der Waals surface area contributed by atoms with Gasteiger partial charge in [0, 0.05) is 13.1 Å². The van der Waals surface area contributed by atoms with Gasteiger partial charge in [0.05, 0.1) is 19.2 Å². The highest BCUT2D eigenvalue weighted by atomic mass is 16.5. The summed E-state index contributed by atoms with van der Waals surface area (Å²) in [4.78, 5) is 16.8. The minimum absolute atomic E-state index is 0.122. The zero-order valence-electron chi connectivity index (χ0n) is 12.6. The van der Waals surface area contributed by atoms with Crippen LogP contribution in [0.1, 0.15) is 16.8 Å². The largest absolute Gasteiger partial charge is 0.496 e. The Bertz CT molecular complexity index is 462. The van der Waals surface area contributed by atoms with E-state index in [0.29, 0.717) is 23.8 Å². The molecule has 0 N–H and O–H groups in total. The second kappa shape index (κ2) is 6.86. The molecule has 0 aromatic heterocycles. The van der Waals surface area contributed by atoms with Gasteiger partial charge in [-0.1, -0.05) is 12.1 Å². The van der Waals surface area contributed by atoms with Gasteiger partial charge in [-0.15, -0.1) is 0 Å². The van der Waals surface area contributed by atoms with Gasteiger partial charge in [-0.05, 0) is 45.1 Å². The summed E-state index contributed by atoms with van der Waals surface area (Å²) in [7, 11) is 5.77. The number of hydrogen-bond acceptors (Lipinski definition) is 4. The van der Waals surface area contributed by atoms with Crippen molar-refractivity contribution in [2.75, 3.05) is 47.4 Å². The van der Waals surface area contributed by atoms with Crippen LogP contribution in [0.5, 0.6) is 5.75 Å². The fourth-order valence-corrected chi connectivity index (χ4v) is 2.89. The van der Waals surface area contributed by atoms with Crippen LogP contribution in [-0.2, 0) is 0 Å². The third-order valence-corrected chi connectivity index (χ3v) is 3.88. The number of rotatable bonds is 6. The molecule has 1 atom stereocenters. The first-order chi connectivity index (χ1) is 9.60. The van der Waals surface area contributed by atoms with E-state index in [1.54, 1.807) is 7.11 Å². The SMILES string of the molecule is COc1ccccc1C(=O)CN(C)CC1CCN(C)C1. The van der Waals surface area contributed by atoms with Crippen LogP contribution in [0, 0.1) is 5.92 Å². The van der Waals surface area contributed by atoms with Gasteiger partial charge >= 0.3 is 0 Å². The number of para-hydroxylation sites is 1. The second-order valence-corrected chi connectivity index (χ2v) is 5.74. The summed E-state index contributed by atoms with van der Waals surface area (Å²) >= 11 is 0. The molecule has 0 bridgehead atoms. The van der Waals surface area contributed by atoms with Crippen molar-refractivity contribution in [1.82, 2.24) is 9.80 Å². The molecule has 0 radical (unpaired) electrons. The number of nitrogens with zero attached hydrogens (tertiary/aromatic N) is 2. The highest BCUT2D eigenvalue weighted by Gasteiger charge is 2.22. The number of carbonyl (C=O) groups is 1. The summed E-state index contributed by atoms with van der Waals surface area (Å²) in [5, 5.41) is 0. The Morgan fingerprint density at radius 2 is 2.20 bits per heavy atom.